The zero-order valence-corrected chi connectivity index (χ0v) is 55.4. The molecule has 0 saturated heterocycles. The van der Waals surface area contributed by atoms with Gasteiger partial charge in [-0.05, 0) is 19.3 Å². The van der Waals surface area contributed by atoms with Crippen molar-refractivity contribution < 1.29 is 15.0 Å². The Morgan fingerprint density at radius 3 is 0.650 bits per heavy atom. The van der Waals surface area contributed by atoms with Crippen LogP contribution in [0.1, 0.15) is 450 Å². The van der Waals surface area contributed by atoms with Crippen LogP contribution in [0.15, 0.2) is 12.2 Å². The Morgan fingerprint density at radius 1 is 0.287 bits per heavy atom. The molecule has 0 heterocycles. The van der Waals surface area contributed by atoms with E-state index >= 15 is 0 Å². The van der Waals surface area contributed by atoms with Crippen LogP contribution in [0.25, 0.3) is 0 Å². The van der Waals surface area contributed by atoms with Gasteiger partial charge in [-0.25, -0.2) is 0 Å². The minimum Gasteiger partial charge on any atom is -0.394 e. The molecule has 0 aliphatic heterocycles. The summed E-state index contributed by atoms with van der Waals surface area (Å²) in [5, 5.41) is 23.3. The van der Waals surface area contributed by atoms with Gasteiger partial charge in [0.1, 0.15) is 0 Å². The molecular weight excluding hydrogens is 975 g/mol. The maximum Gasteiger partial charge on any atom is 0.220 e. The van der Waals surface area contributed by atoms with E-state index in [1.807, 2.05) is 6.08 Å². The third-order valence-electron chi connectivity index (χ3n) is 18.3. The van der Waals surface area contributed by atoms with Gasteiger partial charge in [-0.2, -0.15) is 0 Å². The molecule has 478 valence electrons. The van der Waals surface area contributed by atoms with Crippen molar-refractivity contribution in [3.05, 3.63) is 12.2 Å². The van der Waals surface area contributed by atoms with Crippen LogP contribution in [0.3, 0.4) is 0 Å². The van der Waals surface area contributed by atoms with Crippen molar-refractivity contribution in [3.8, 4) is 0 Å². The van der Waals surface area contributed by atoms with E-state index in [9.17, 15) is 15.0 Å². The van der Waals surface area contributed by atoms with E-state index in [-0.39, 0.29) is 12.5 Å². The number of hydrogen-bond acceptors (Lipinski definition) is 3. The number of carbonyl (C=O) groups is 1. The summed E-state index contributed by atoms with van der Waals surface area (Å²) in [6.07, 6.45) is 97.7. The molecule has 0 fully saturated rings. The van der Waals surface area contributed by atoms with E-state index in [0.29, 0.717) is 6.42 Å². The highest BCUT2D eigenvalue weighted by molar-refractivity contribution is 5.76. The summed E-state index contributed by atoms with van der Waals surface area (Å²) in [5.41, 5.74) is 0. The zero-order valence-electron chi connectivity index (χ0n) is 55.4. The van der Waals surface area contributed by atoms with Crippen molar-refractivity contribution in [1.82, 2.24) is 5.32 Å². The first kappa shape index (κ1) is 79.1. The summed E-state index contributed by atoms with van der Waals surface area (Å²) in [5.74, 6) is -0.0522. The van der Waals surface area contributed by atoms with Gasteiger partial charge in [0, 0.05) is 6.42 Å². The van der Waals surface area contributed by atoms with Crippen LogP contribution in [0.2, 0.25) is 0 Å². The molecule has 0 saturated carbocycles. The first-order chi connectivity index (χ1) is 39.7. The first-order valence-electron chi connectivity index (χ1n) is 37.9. The van der Waals surface area contributed by atoms with E-state index in [4.69, 9.17) is 0 Å². The maximum atomic E-state index is 12.6. The summed E-state index contributed by atoms with van der Waals surface area (Å²) in [7, 11) is 0. The summed E-state index contributed by atoms with van der Waals surface area (Å²) in [6, 6.07) is -0.620. The van der Waals surface area contributed by atoms with Crippen molar-refractivity contribution in [2.75, 3.05) is 6.61 Å². The second-order valence-electron chi connectivity index (χ2n) is 26.4. The highest BCUT2D eigenvalue weighted by Crippen LogP contribution is 2.20. The summed E-state index contributed by atoms with van der Waals surface area (Å²) in [4.78, 5) is 12.6. The number of rotatable bonds is 72. The number of allylic oxidation sites excluding steroid dienone is 1. The van der Waals surface area contributed by atoms with Gasteiger partial charge in [0.2, 0.25) is 5.91 Å². The molecule has 0 spiro atoms. The van der Waals surface area contributed by atoms with Crippen LogP contribution in [0.4, 0.5) is 0 Å². The largest absolute Gasteiger partial charge is 0.394 e. The summed E-state index contributed by atoms with van der Waals surface area (Å²) < 4.78 is 0. The third kappa shape index (κ3) is 67.9. The van der Waals surface area contributed by atoms with Gasteiger partial charge in [-0.3, -0.25) is 4.79 Å². The standard InChI is InChI=1S/C76H151NO3/c1-3-5-7-9-11-13-15-17-19-21-23-25-27-29-31-33-35-36-37-38-39-40-41-42-44-46-48-50-52-54-56-58-60-62-64-66-68-70-72-76(80)77-74(73-78)75(79)71-69-67-65-63-61-59-57-55-53-51-49-47-45-43-34-32-30-28-26-24-22-20-18-16-14-12-10-8-6-4-2/h69,71,74-75,78-79H,3-68,70,72-73H2,1-2H3,(H,77,80)/b71-69+. The van der Waals surface area contributed by atoms with Crippen molar-refractivity contribution >= 4 is 5.91 Å². The van der Waals surface area contributed by atoms with Crippen LogP contribution in [0, 0.1) is 0 Å². The Bertz CT molecular complexity index is 1140. The molecule has 1 amide bonds. The number of hydrogen-bond donors (Lipinski definition) is 3. The fourth-order valence-corrected chi connectivity index (χ4v) is 12.5. The second-order valence-corrected chi connectivity index (χ2v) is 26.4. The first-order valence-corrected chi connectivity index (χ1v) is 37.9. The average molecular weight is 1130 g/mol. The number of carbonyl (C=O) groups excluding carboxylic acids is 1. The van der Waals surface area contributed by atoms with E-state index < -0.39 is 12.1 Å². The van der Waals surface area contributed by atoms with Gasteiger partial charge < -0.3 is 15.5 Å². The molecule has 0 aliphatic rings. The molecular formula is C76H151NO3. The van der Waals surface area contributed by atoms with Gasteiger partial charge in [0.05, 0.1) is 18.8 Å². The van der Waals surface area contributed by atoms with E-state index in [0.717, 1.165) is 25.7 Å². The SMILES string of the molecule is CCCCCCCCCCCCCCCCCCCCCCCCCCCCCC/C=C/C(O)C(CO)NC(=O)CCCCCCCCCCCCCCCCCCCCCCCCCCCCCCCCCCCCCCCC. The molecule has 80 heavy (non-hydrogen) atoms. The molecule has 2 atom stereocenters. The predicted molar refractivity (Wildman–Crippen MR) is 359 cm³/mol. The molecule has 0 rings (SSSR count). The Morgan fingerprint density at radius 2 is 0.463 bits per heavy atom. The number of amides is 1. The van der Waals surface area contributed by atoms with Crippen molar-refractivity contribution in [2.45, 2.75) is 463 Å². The third-order valence-corrected chi connectivity index (χ3v) is 18.3. The molecule has 0 bridgehead atoms. The van der Waals surface area contributed by atoms with Gasteiger partial charge >= 0.3 is 0 Å². The molecule has 0 aromatic carbocycles. The van der Waals surface area contributed by atoms with Crippen molar-refractivity contribution in [3.63, 3.8) is 0 Å². The summed E-state index contributed by atoms with van der Waals surface area (Å²) >= 11 is 0. The zero-order chi connectivity index (χ0) is 57.6. The van der Waals surface area contributed by atoms with Crippen LogP contribution >= 0.6 is 0 Å². The lowest BCUT2D eigenvalue weighted by Gasteiger charge is -2.20. The fourth-order valence-electron chi connectivity index (χ4n) is 12.5. The highest BCUT2D eigenvalue weighted by Gasteiger charge is 2.18. The van der Waals surface area contributed by atoms with Crippen molar-refractivity contribution in [2.24, 2.45) is 0 Å². The Balaban J connectivity index is 3.37. The van der Waals surface area contributed by atoms with Crippen LogP contribution in [-0.4, -0.2) is 34.9 Å². The van der Waals surface area contributed by atoms with E-state index in [1.165, 1.54) is 405 Å². The smallest absolute Gasteiger partial charge is 0.220 e. The highest BCUT2D eigenvalue weighted by atomic mass is 16.3. The number of aliphatic hydroxyl groups is 2. The number of aliphatic hydroxyl groups excluding tert-OH is 2. The monoisotopic (exact) mass is 1130 g/mol. The number of nitrogens with one attached hydrogen (secondary N) is 1. The molecule has 4 heteroatoms. The normalized spacial score (nSPS) is 12.6. The Hall–Kier alpha value is -0.870. The van der Waals surface area contributed by atoms with Gasteiger partial charge in [0.15, 0.2) is 0 Å². The molecule has 2 unspecified atom stereocenters. The lowest BCUT2D eigenvalue weighted by Crippen LogP contribution is -2.45. The topological polar surface area (TPSA) is 69.6 Å². The van der Waals surface area contributed by atoms with Crippen LogP contribution in [-0.2, 0) is 4.79 Å². The molecule has 0 radical (unpaired) electrons. The van der Waals surface area contributed by atoms with Gasteiger partial charge in [0.25, 0.3) is 0 Å². The van der Waals surface area contributed by atoms with E-state index in [2.05, 4.69) is 19.2 Å². The minimum absolute atomic E-state index is 0.0522. The summed E-state index contributed by atoms with van der Waals surface area (Å²) in [6.45, 7) is 4.37. The predicted octanol–water partition coefficient (Wildman–Crippen LogP) is 25.9. The molecule has 0 aromatic heterocycles. The van der Waals surface area contributed by atoms with Gasteiger partial charge in [-0.1, -0.05) is 437 Å². The van der Waals surface area contributed by atoms with Crippen LogP contribution < -0.4 is 5.32 Å². The average Bonchev–Trinajstić information content (AvgIpc) is 3.46. The fraction of sp³-hybridized carbons (Fsp3) is 0.961. The lowest BCUT2D eigenvalue weighted by atomic mass is 10.0. The maximum absolute atomic E-state index is 12.6. The minimum atomic E-state index is -0.838. The lowest BCUT2D eigenvalue weighted by molar-refractivity contribution is -0.123. The quantitative estimate of drug-likeness (QED) is 0.0420. The molecule has 0 aromatic rings. The van der Waals surface area contributed by atoms with Crippen molar-refractivity contribution in [1.29, 1.82) is 0 Å². The Labute approximate surface area is 505 Å². The second kappa shape index (κ2) is 72.4. The molecule has 3 N–H and O–H groups in total. The van der Waals surface area contributed by atoms with Gasteiger partial charge in [-0.15, -0.1) is 0 Å². The van der Waals surface area contributed by atoms with Crippen LogP contribution in [0.5, 0.6) is 0 Å². The van der Waals surface area contributed by atoms with E-state index in [1.54, 1.807) is 6.08 Å². The molecule has 0 aliphatic carbocycles. The molecule has 4 nitrogen and oxygen atoms in total. The Kier molecular flexibility index (Phi) is 71.6. The number of unbranched alkanes of at least 4 members (excludes halogenated alkanes) is 65.